The Hall–Kier alpha value is -2.16. The maximum absolute atomic E-state index is 12.9. The highest BCUT2D eigenvalue weighted by atomic mass is 79.9. The number of benzene rings is 2. The van der Waals surface area contributed by atoms with Gasteiger partial charge in [0.1, 0.15) is 0 Å². The molecule has 29 heavy (non-hydrogen) atoms. The summed E-state index contributed by atoms with van der Waals surface area (Å²) < 4.78 is 30.3. The van der Waals surface area contributed by atoms with Crippen LogP contribution in [-0.2, 0) is 10.0 Å². The van der Waals surface area contributed by atoms with Crippen molar-refractivity contribution in [2.75, 3.05) is 31.1 Å². The second-order valence-corrected chi connectivity index (χ2v) is 9.97. The highest BCUT2D eigenvalue weighted by molar-refractivity contribution is 9.10. The zero-order chi connectivity index (χ0) is 20.6. The van der Waals surface area contributed by atoms with Crippen molar-refractivity contribution >= 4 is 31.6 Å². The SMILES string of the molecule is Cc1nn(-c2ccccc2)c(C)c1N1CCN(S(=O)(=O)c2ccc(Br)cc2)CC1. The van der Waals surface area contributed by atoms with E-state index in [2.05, 4.69) is 27.8 Å². The number of anilines is 1. The lowest BCUT2D eigenvalue weighted by molar-refractivity contribution is 0.384. The Kier molecular flexibility index (Phi) is 5.50. The summed E-state index contributed by atoms with van der Waals surface area (Å²) in [4.78, 5) is 2.57. The van der Waals surface area contributed by atoms with Crippen LogP contribution in [0, 0.1) is 13.8 Å². The van der Waals surface area contributed by atoms with Crippen molar-refractivity contribution in [1.29, 1.82) is 0 Å². The first-order valence-corrected chi connectivity index (χ1v) is 11.7. The molecule has 0 unspecified atom stereocenters. The molecule has 0 N–H and O–H groups in total. The summed E-state index contributed by atoms with van der Waals surface area (Å²) in [7, 11) is -3.48. The minimum atomic E-state index is -3.48. The molecule has 152 valence electrons. The van der Waals surface area contributed by atoms with E-state index in [1.165, 1.54) is 0 Å². The normalized spacial score (nSPS) is 15.6. The van der Waals surface area contributed by atoms with E-state index in [1.54, 1.807) is 28.6 Å². The molecule has 1 aliphatic heterocycles. The molecular formula is C21H23BrN4O2S. The molecule has 6 nitrogen and oxygen atoms in total. The molecule has 1 aliphatic rings. The smallest absolute Gasteiger partial charge is 0.243 e. The number of halogens is 1. The van der Waals surface area contributed by atoms with Crippen LogP contribution in [0.2, 0.25) is 0 Å². The summed E-state index contributed by atoms with van der Waals surface area (Å²) in [5.74, 6) is 0. The van der Waals surface area contributed by atoms with Gasteiger partial charge in [0.25, 0.3) is 0 Å². The predicted molar refractivity (Wildman–Crippen MR) is 118 cm³/mol. The number of aromatic nitrogens is 2. The van der Waals surface area contributed by atoms with Gasteiger partial charge in [-0.1, -0.05) is 34.1 Å². The lowest BCUT2D eigenvalue weighted by atomic mass is 10.2. The number of piperazine rings is 1. The highest BCUT2D eigenvalue weighted by Gasteiger charge is 2.30. The largest absolute Gasteiger partial charge is 0.366 e. The van der Waals surface area contributed by atoms with Crippen molar-refractivity contribution in [2.45, 2.75) is 18.7 Å². The van der Waals surface area contributed by atoms with Crippen LogP contribution in [0.4, 0.5) is 5.69 Å². The lowest BCUT2D eigenvalue weighted by Gasteiger charge is -2.35. The maximum atomic E-state index is 12.9. The molecule has 0 radical (unpaired) electrons. The Balaban J connectivity index is 1.53. The molecule has 0 saturated carbocycles. The van der Waals surface area contributed by atoms with Crippen molar-refractivity contribution in [3.63, 3.8) is 0 Å². The number of nitrogens with zero attached hydrogens (tertiary/aromatic N) is 4. The summed E-state index contributed by atoms with van der Waals surface area (Å²) in [5.41, 5.74) is 4.14. The molecule has 3 aromatic rings. The molecule has 0 spiro atoms. The Labute approximate surface area is 179 Å². The van der Waals surface area contributed by atoms with Gasteiger partial charge in [0.2, 0.25) is 10.0 Å². The van der Waals surface area contributed by atoms with Gasteiger partial charge in [0, 0.05) is 30.7 Å². The number of sulfonamides is 1. The van der Waals surface area contributed by atoms with Gasteiger partial charge >= 0.3 is 0 Å². The van der Waals surface area contributed by atoms with Gasteiger partial charge in [-0.2, -0.15) is 9.40 Å². The number of hydrogen-bond acceptors (Lipinski definition) is 4. The topological polar surface area (TPSA) is 58.4 Å². The highest BCUT2D eigenvalue weighted by Crippen LogP contribution is 2.29. The van der Waals surface area contributed by atoms with Gasteiger partial charge in [0.05, 0.1) is 27.7 Å². The predicted octanol–water partition coefficient (Wildman–Crippen LogP) is 3.76. The van der Waals surface area contributed by atoms with Gasteiger partial charge in [-0.25, -0.2) is 13.1 Å². The molecule has 0 atom stereocenters. The molecule has 2 aromatic carbocycles. The fourth-order valence-electron chi connectivity index (χ4n) is 3.82. The average Bonchev–Trinajstić information content (AvgIpc) is 3.03. The van der Waals surface area contributed by atoms with Gasteiger partial charge in [0.15, 0.2) is 0 Å². The first kappa shape index (κ1) is 20.1. The third kappa shape index (κ3) is 3.84. The first-order chi connectivity index (χ1) is 13.9. The maximum Gasteiger partial charge on any atom is 0.243 e. The number of rotatable bonds is 4. The van der Waals surface area contributed by atoms with E-state index in [1.807, 2.05) is 41.9 Å². The Morgan fingerprint density at radius 1 is 0.897 bits per heavy atom. The summed E-state index contributed by atoms with van der Waals surface area (Å²) in [5, 5.41) is 4.72. The number of hydrogen-bond donors (Lipinski definition) is 0. The quantitative estimate of drug-likeness (QED) is 0.577. The van der Waals surface area contributed by atoms with Gasteiger partial charge in [-0.15, -0.1) is 0 Å². The number of aryl methyl sites for hydroxylation is 1. The zero-order valence-corrected chi connectivity index (χ0v) is 18.8. The molecule has 1 saturated heterocycles. The van der Waals surface area contributed by atoms with E-state index >= 15 is 0 Å². The van der Waals surface area contributed by atoms with Crippen molar-refractivity contribution in [3.8, 4) is 5.69 Å². The minimum Gasteiger partial charge on any atom is -0.366 e. The lowest BCUT2D eigenvalue weighted by Crippen LogP contribution is -2.49. The van der Waals surface area contributed by atoms with Crippen LogP contribution < -0.4 is 4.90 Å². The molecule has 0 amide bonds. The standard InChI is InChI=1S/C21H23BrN4O2S/c1-16-21(17(2)26(23-16)19-6-4-3-5-7-19)24-12-14-25(15-13-24)29(27,28)20-10-8-18(22)9-11-20/h3-11H,12-15H2,1-2H3. The van der Waals surface area contributed by atoms with Crippen LogP contribution in [0.15, 0.2) is 64.0 Å². The van der Waals surface area contributed by atoms with Crippen molar-refractivity contribution in [2.24, 2.45) is 0 Å². The van der Waals surface area contributed by atoms with Crippen LogP contribution in [0.3, 0.4) is 0 Å². The van der Waals surface area contributed by atoms with Gasteiger partial charge in [-0.05, 0) is 50.2 Å². The Morgan fingerprint density at radius 3 is 2.14 bits per heavy atom. The molecule has 1 fully saturated rings. The van der Waals surface area contributed by atoms with Crippen molar-refractivity contribution in [3.05, 3.63) is 70.5 Å². The zero-order valence-electron chi connectivity index (χ0n) is 16.4. The molecule has 8 heteroatoms. The minimum absolute atomic E-state index is 0.332. The summed E-state index contributed by atoms with van der Waals surface area (Å²) >= 11 is 3.35. The Morgan fingerprint density at radius 2 is 1.52 bits per heavy atom. The van der Waals surface area contributed by atoms with Crippen molar-refractivity contribution in [1.82, 2.24) is 14.1 Å². The monoisotopic (exact) mass is 474 g/mol. The summed E-state index contributed by atoms with van der Waals surface area (Å²) in [6.45, 7) is 6.25. The molecule has 4 rings (SSSR count). The van der Waals surface area contributed by atoms with E-state index in [0.29, 0.717) is 31.1 Å². The fourth-order valence-corrected chi connectivity index (χ4v) is 5.51. The van der Waals surface area contributed by atoms with Gasteiger partial charge < -0.3 is 4.90 Å². The third-order valence-corrected chi connectivity index (χ3v) is 7.70. The van der Waals surface area contributed by atoms with E-state index in [0.717, 1.165) is 27.2 Å². The van der Waals surface area contributed by atoms with Crippen LogP contribution in [0.5, 0.6) is 0 Å². The Bertz CT molecular complexity index is 1100. The van der Waals surface area contributed by atoms with Crippen molar-refractivity contribution < 1.29 is 8.42 Å². The summed E-state index contributed by atoms with van der Waals surface area (Å²) in [6, 6.07) is 16.9. The second kappa shape index (κ2) is 7.93. The molecule has 2 heterocycles. The summed E-state index contributed by atoms with van der Waals surface area (Å²) in [6.07, 6.45) is 0. The first-order valence-electron chi connectivity index (χ1n) is 9.50. The third-order valence-electron chi connectivity index (χ3n) is 5.26. The average molecular weight is 475 g/mol. The molecule has 0 bridgehead atoms. The van der Waals surface area contributed by atoms with E-state index in [-0.39, 0.29) is 0 Å². The molecule has 1 aromatic heterocycles. The van der Waals surface area contributed by atoms with Gasteiger partial charge in [-0.3, -0.25) is 0 Å². The fraction of sp³-hybridized carbons (Fsp3) is 0.286. The molecule has 0 aliphatic carbocycles. The van der Waals surface area contributed by atoms with Crippen LogP contribution in [0.1, 0.15) is 11.4 Å². The van der Waals surface area contributed by atoms with E-state index in [4.69, 9.17) is 5.10 Å². The second-order valence-electron chi connectivity index (χ2n) is 7.11. The molecular weight excluding hydrogens is 452 g/mol. The number of para-hydroxylation sites is 1. The van der Waals surface area contributed by atoms with E-state index in [9.17, 15) is 8.42 Å². The van der Waals surface area contributed by atoms with Crippen LogP contribution >= 0.6 is 15.9 Å². The van der Waals surface area contributed by atoms with Crippen LogP contribution in [-0.4, -0.2) is 48.7 Å². The van der Waals surface area contributed by atoms with E-state index < -0.39 is 10.0 Å². The van der Waals surface area contributed by atoms with Crippen LogP contribution in [0.25, 0.3) is 5.69 Å².